The van der Waals surface area contributed by atoms with Gasteiger partial charge in [0, 0.05) is 12.1 Å². The first kappa shape index (κ1) is 29.5. The molecular formula is C28H60N2OSi2. The van der Waals surface area contributed by atoms with Crippen molar-refractivity contribution < 1.29 is 4.12 Å². The minimum absolute atomic E-state index is 0.603. The first-order valence-electron chi connectivity index (χ1n) is 14.4. The van der Waals surface area contributed by atoms with E-state index in [9.17, 15) is 0 Å². The average Bonchev–Trinajstić information content (AvgIpc) is 2.65. The van der Waals surface area contributed by atoms with Crippen LogP contribution in [-0.2, 0) is 4.12 Å². The summed E-state index contributed by atoms with van der Waals surface area (Å²) >= 11 is 0. The van der Waals surface area contributed by atoms with Crippen molar-refractivity contribution in [3.05, 3.63) is 0 Å². The molecule has 33 heavy (non-hydrogen) atoms. The number of rotatable bonds is 10. The van der Waals surface area contributed by atoms with Crippen molar-refractivity contribution in [3.8, 4) is 0 Å². The first-order chi connectivity index (χ1) is 15.1. The lowest BCUT2D eigenvalue weighted by atomic mass is 9.69. The van der Waals surface area contributed by atoms with Crippen molar-refractivity contribution in [1.82, 2.24) is 9.96 Å². The van der Waals surface area contributed by atoms with Crippen LogP contribution in [0.3, 0.4) is 0 Å². The largest absolute Gasteiger partial charge is 0.433 e. The zero-order valence-corrected chi connectivity index (χ0v) is 26.4. The summed E-state index contributed by atoms with van der Waals surface area (Å²) in [7, 11) is -4.07. The van der Waals surface area contributed by atoms with Crippen LogP contribution in [0.2, 0.25) is 26.2 Å². The van der Waals surface area contributed by atoms with Gasteiger partial charge in [-0.05, 0) is 99.2 Å². The molecule has 2 fully saturated rings. The monoisotopic (exact) mass is 496 g/mol. The summed E-state index contributed by atoms with van der Waals surface area (Å²) in [6, 6.07) is 1.21. The van der Waals surface area contributed by atoms with Crippen LogP contribution in [0.5, 0.6) is 0 Å². The third kappa shape index (κ3) is 8.16. The topological polar surface area (TPSA) is 33.3 Å². The van der Waals surface area contributed by atoms with Crippen molar-refractivity contribution in [3.63, 3.8) is 0 Å². The fourth-order valence-electron chi connectivity index (χ4n) is 7.45. The van der Waals surface area contributed by atoms with Crippen LogP contribution in [0, 0.1) is 47.3 Å². The lowest BCUT2D eigenvalue weighted by Gasteiger charge is -2.49. The van der Waals surface area contributed by atoms with Crippen LogP contribution in [0.1, 0.15) is 93.9 Å². The molecule has 3 nitrogen and oxygen atoms in total. The van der Waals surface area contributed by atoms with Gasteiger partial charge in [-0.1, -0.05) is 68.2 Å². The molecular weight excluding hydrogens is 436 g/mol. The van der Waals surface area contributed by atoms with E-state index in [1.54, 1.807) is 0 Å². The van der Waals surface area contributed by atoms with Crippen LogP contribution in [0.25, 0.3) is 0 Å². The second kappa shape index (κ2) is 12.0. The lowest BCUT2D eigenvalue weighted by molar-refractivity contribution is 0.121. The van der Waals surface area contributed by atoms with Gasteiger partial charge in [0.1, 0.15) is 0 Å². The highest BCUT2D eigenvalue weighted by atomic mass is 28.4. The average molecular weight is 497 g/mol. The van der Waals surface area contributed by atoms with Crippen LogP contribution < -0.4 is 9.96 Å². The molecule has 2 rings (SSSR count). The lowest BCUT2D eigenvalue weighted by Crippen LogP contribution is -2.68. The van der Waals surface area contributed by atoms with Gasteiger partial charge in [0.25, 0.3) is 17.0 Å². The third-order valence-corrected chi connectivity index (χ3v) is 15.1. The SMILES string of the molecule is CC(C)C1CCCC(C(C)C)C1N[Si](C)(C)O[Si](C)(C)NC1C(C(C)C)CCCC1C(C)C. The summed E-state index contributed by atoms with van der Waals surface area (Å²) in [5.74, 6) is 6.02. The second-order valence-electron chi connectivity index (χ2n) is 14.0. The zero-order chi connectivity index (χ0) is 25.1. The van der Waals surface area contributed by atoms with Crippen molar-refractivity contribution >= 4 is 17.0 Å². The number of hydrogen-bond donors (Lipinski definition) is 2. The van der Waals surface area contributed by atoms with Gasteiger partial charge >= 0.3 is 0 Å². The van der Waals surface area contributed by atoms with Gasteiger partial charge in [-0.15, -0.1) is 0 Å². The Hall–Kier alpha value is 0.314. The van der Waals surface area contributed by atoms with Gasteiger partial charge in [0.15, 0.2) is 0 Å². The maximum Gasteiger partial charge on any atom is 0.253 e. The van der Waals surface area contributed by atoms with Gasteiger partial charge < -0.3 is 14.1 Å². The van der Waals surface area contributed by atoms with Gasteiger partial charge in [0.05, 0.1) is 0 Å². The molecule has 5 heteroatoms. The molecule has 0 bridgehead atoms. The Labute approximate surface area is 210 Å². The zero-order valence-electron chi connectivity index (χ0n) is 24.4. The molecule has 2 N–H and O–H groups in total. The summed E-state index contributed by atoms with van der Waals surface area (Å²) in [5, 5.41) is 0. The van der Waals surface area contributed by atoms with E-state index in [2.05, 4.69) is 91.5 Å². The quantitative estimate of drug-likeness (QED) is 0.303. The maximum absolute atomic E-state index is 7.20. The summed E-state index contributed by atoms with van der Waals surface area (Å²) in [6.45, 7) is 29.1. The van der Waals surface area contributed by atoms with Crippen molar-refractivity contribution in [2.24, 2.45) is 47.3 Å². The predicted molar refractivity (Wildman–Crippen MR) is 151 cm³/mol. The molecule has 0 saturated heterocycles. The smallest absolute Gasteiger partial charge is 0.253 e. The Kier molecular flexibility index (Phi) is 10.8. The third-order valence-electron chi connectivity index (χ3n) is 8.96. The van der Waals surface area contributed by atoms with Gasteiger partial charge in [-0.25, -0.2) is 0 Å². The van der Waals surface area contributed by atoms with E-state index in [4.69, 9.17) is 4.12 Å². The highest BCUT2D eigenvalue weighted by Crippen LogP contribution is 2.40. The van der Waals surface area contributed by atoms with E-state index >= 15 is 0 Å². The van der Waals surface area contributed by atoms with Crippen molar-refractivity contribution in [2.45, 2.75) is 132 Å². The van der Waals surface area contributed by atoms with Crippen LogP contribution in [-0.4, -0.2) is 29.0 Å². The van der Waals surface area contributed by atoms with Gasteiger partial charge in [-0.2, -0.15) is 0 Å². The molecule has 4 atom stereocenters. The summed E-state index contributed by atoms with van der Waals surface area (Å²) in [4.78, 5) is 8.46. The summed E-state index contributed by atoms with van der Waals surface area (Å²) < 4.78 is 7.20. The molecule has 0 aromatic carbocycles. The fourth-order valence-corrected chi connectivity index (χ4v) is 15.5. The standard InChI is InChI=1S/C28H60N2OSi2/c1-19(2)23-15-13-16-24(20(3)4)27(23)29-32(9,10)31-33(11,12)30-28-25(21(5)6)17-14-18-26(28)22(7)8/h19-30H,13-18H2,1-12H3. The maximum atomic E-state index is 7.20. The van der Waals surface area contributed by atoms with Crippen molar-refractivity contribution in [1.29, 1.82) is 0 Å². The molecule has 0 aliphatic heterocycles. The Balaban J connectivity index is 2.18. The van der Waals surface area contributed by atoms with E-state index in [-0.39, 0.29) is 0 Å². The fraction of sp³-hybridized carbons (Fsp3) is 1.00. The second-order valence-corrected chi connectivity index (χ2v) is 21.4. The van der Waals surface area contributed by atoms with E-state index in [0.717, 1.165) is 47.3 Å². The minimum Gasteiger partial charge on any atom is -0.433 e. The van der Waals surface area contributed by atoms with Gasteiger partial charge in [0.2, 0.25) is 0 Å². The molecule has 0 spiro atoms. The Morgan fingerprint density at radius 2 is 0.758 bits per heavy atom. The molecule has 0 aromatic rings. The molecule has 2 aliphatic carbocycles. The number of hydrogen-bond acceptors (Lipinski definition) is 3. The van der Waals surface area contributed by atoms with Crippen molar-refractivity contribution in [2.75, 3.05) is 0 Å². The Morgan fingerprint density at radius 3 is 0.970 bits per heavy atom. The first-order valence-corrected chi connectivity index (χ1v) is 20.2. The van der Waals surface area contributed by atoms with Crippen LogP contribution in [0.15, 0.2) is 0 Å². The molecule has 0 aromatic heterocycles. The molecule has 4 unspecified atom stereocenters. The number of nitrogens with one attached hydrogen (secondary N) is 2. The molecule has 2 aliphatic rings. The Morgan fingerprint density at radius 1 is 0.515 bits per heavy atom. The van der Waals surface area contributed by atoms with E-state index in [0.29, 0.717) is 12.1 Å². The van der Waals surface area contributed by atoms with Gasteiger partial charge in [-0.3, -0.25) is 0 Å². The normalized spacial score (nSPS) is 32.4. The van der Waals surface area contributed by atoms with Crippen LogP contribution >= 0.6 is 0 Å². The molecule has 0 heterocycles. The molecule has 0 radical (unpaired) electrons. The Bertz CT molecular complexity index is 508. The predicted octanol–water partition coefficient (Wildman–Crippen LogP) is 7.78. The van der Waals surface area contributed by atoms with E-state index < -0.39 is 17.0 Å². The van der Waals surface area contributed by atoms with E-state index in [1.165, 1.54) is 38.5 Å². The molecule has 0 amide bonds. The van der Waals surface area contributed by atoms with E-state index in [1.807, 2.05) is 0 Å². The molecule has 2 saturated carbocycles. The minimum atomic E-state index is -2.04. The summed E-state index contributed by atoms with van der Waals surface area (Å²) in [5.41, 5.74) is 0. The molecule has 196 valence electrons. The highest BCUT2D eigenvalue weighted by molar-refractivity contribution is 6.82. The summed E-state index contributed by atoms with van der Waals surface area (Å²) in [6.07, 6.45) is 8.27. The van der Waals surface area contributed by atoms with Crippen LogP contribution in [0.4, 0.5) is 0 Å². The highest BCUT2D eigenvalue weighted by Gasteiger charge is 2.45.